The van der Waals surface area contributed by atoms with Crippen LogP contribution in [-0.4, -0.2) is 68.8 Å². The number of rotatable bonds is 8. The molecule has 2 aromatic carbocycles. The van der Waals surface area contributed by atoms with Gasteiger partial charge in [0.2, 0.25) is 10.0 Å². The van der Waals surface area contributed by atoms with Crippen LogP contribution >= 0.6 is 39.7 Å². The second kappa shape index (κ2) is 12.3. The van der Waals surface area contributed by atoms with E-state index in [-0.39, 0.29) is 29.3 Å². The molecular weight excluding hydrogens is 584 g/mol. The van der Waals surface area contributed by atoms with Gasteiger partial charge in [-0.05, 0) is 69.4 Å². The number of likely N-dealkylation sites (N-methyl/N-ethyl adjacent to an activating group) is 1. The highest BCUT2D eigenvalue weighted by molar-refractivity contribution is 9.10. The second-order valence-corrected chi connectivity index (χ2v) is 13.1. The van der Waals surface area contributed by atoms with Gasteiger partial charge in [-0.3, -0.25) is 9.69 Å². The molecule has 1 saturated carbocycles. The Labute approximate surface area is 232 Å². The van der Waals surface area contributed by atoms with Gasteiger partial charge in [-0.15, -0.1) is 12.4 Å². The van der Waals surface area contributed by atoms with Gasteiger partial charge in [0.25, 0.3) is 5.91 Å². The molecule has 0 unspecified atom stereocenters. The maximum absolute atomic E-state index is 13.5. The molecule has 7 nitrogen and oxygen atoms in total. The van der Waals surface area contributed by atoms with Gasteiger partial charge >= 0.3 is 0 Å². The lowest BCUT2D eigenvalue weighted by atomic mass is 9.96. The van der Waals surface area contributed by atoms with E-state index in [1.165, 1.54) is 15.6 Å². The summed E-state index contributed by atoms with van der Waals surface area (Å²) in [6, 6.07) is 12.2. The first-order chi connectivity index (χ1) is 16.7. The SMILES string of the molecule is CN(C)CCN(C(=O)c1ccc(S(=O)(=O)N(C)C2CCCCC2)cc1)c1nc2ccc(Br)cc2s1.Cl. The van der Waals surface area contributed by atoms with Crippen LogP contribution in [0.3, 0.4) is 0 Å². The summed E-state index contributed by atoms with van der Waals surface area (Å²) in [6.07, 6.45) is 5.07. The first-order valence-electron chi connectivity index (χ1n) is 11.8. The van der Waals surface area contributed by atoms with Crippen LogP contribution in [0.2, 0.25) is 0 Å². The van der Waals surface area contributed by atoms with E-state index in [1.54, 1.807) is 36.2 Å². The Morgan fingerprint density at radius 1 is 1.03 bits per heavy atom. The van der Waals surface area contributed by atoms with Crippen molar-refractivity contribution in [1.82, 2.24) is 14.2 Å². The number of sulfonamides is 1. The Morgan fingerprint density at radius 2 is 1.69 bits per heavy atom. The summed E-state index contributed by atoms with van der Waals surface area (Å²) < 4.78 is 29.8. The summed E-state index contributed by atoms with van der Waals surface area (Å²) in [6.45, 7) is 1.14. The standard InChI is InChI=1S/C25H31BrN4O3S2.ClH/c1-28(2)15-16-30(25-27-22-14-11-19(26)17-23(22)34-25)24(31)18-9-12-21(13-10-18)35(32,33)29(3)20-7-5-4-6-8-20;/h9-14,17,20H,4-8,15-16H2,1-3H3;1H. The molecule has 0 saturated heterocycles. The smallest absolute Gasteiger partial charge is 0.260 e. The molecule has 1 aliphatic carbocycles. The van der Waals surface area contributed by atoms with Crippen molar-refractivity contribution in [2.24, 2.45) is 0 Å². The molecule has 0 radical (unpaired) electrons. The van der Waals surface area contributed by atoms with Gasteiger partial charge in [-0.25, -0.2) is 13.4 Å². The monoisotopic (exact) mass is 614 g/mol. The average molecular weight is 616 g/mol. The number of benzene rings is 2. The van der Waals surface area contributed by atoms with Gasteiger partial charge in [-0.1, -0.05) is 46.5 Å². The number of hydrogen-bond acceptors (Lipinski definition) is 6. The zero-order valence-electron chi connectivity index (χ0n) is 20.7. The lowest BCUT2D eigenvalue weighted by Crippen LogP contribution is -2.38. The molecule has 0 aliphatic heterocycles. The Hall–Kier alpha value is -1.56. The van der Waals surface area contributed by atoms with Crippen LogP contribution in [0.15, 0.2) is 51.8 Å². The Balaban J connectivity index is 0.00000361. The Morgan fingerprint density at radius 3 is 2.33 bits per heavy atom. The predicted octanol–water partition coefficient (Wildman–Crippen LogP) is 5.64. The van der Waals surface area contributed by atoms with Crippen molar-refractivity contribution in [2.75, 3.05) is 39.1 Å². The molecule has 1 amide bonds. The topological polar surface area (TPSA) is 73.8 Å². The minimum absolute atomic E-state index is 0. The van der Waals surface area contributed by atoms with E-state index in [0.29, 0.717) is 23.8 Å². The quantitative estimate of drug-likeness (QED) is 0.328. The number of thiazole rings is 1. The van der Waals surface area contributed by atoms with Gasteiger partial charge < -0.3 is 4.90 Å². The third-order valence-electron chi connectivity index (χ3n) is 6.45. The fourth-order valence-corrected chi connectivity index (χ4v) is 7.28. The van der Waals surface area contributed by atoms with Gasteiger partial charge in [0.1, 0.15) is 0 Å². The Kier molecular flexibility index (Phi) is 9.93. The number of anilines is 1. The highest BCUT2D eigenvalue weighted by Crippen LogP contribution is 2.32. The zero-order valence-corrected chi connectivity index (χ0v) is 24.7. The summed E-state index contributed by atoms with van der Waals surface area (Å²) in [7, 11) is 1.97. The summed E-state index contributed by atoms with van der Waals surface area (Å²) in [5.74, 6) is -0.199. The molecule has 0 bridgehead atoms. The van der Waals surface area contributed by atoms with Crippen molar-refractivity contribution < 1.29 is 13.2 Å². The van der Waals surface area contributed by atoms with Crippen molar-refractivity contribution in [2.45, 2.75) is 43.0 Å². The van der Waals surface area contributed by atoms with Gasteiger partial charge in [0.05, 0.1) is 15.1 Å². The molecule has 1 heterocycles. The van der Waals surface area contributed by atoms with E-state index >= 15 is 0 Å². The molecule has 3 aromatic rings. The van der Waals surface area contributed by atoms with E-state index in [2.05, 4.69) is 15.9 Å². The molecule has 196 valence electrons. The number of carbonyl (C=O) groups is 1. The minimum Gasteiger partial charge on any atom is -0.308 e. The van der Waals surface area contributed by atoms with Crippen molar-refractivity contribution in [3.63, 3.8) is 0 Å². The summed E-state index contributed by atoms with van der Waals surface area (Å²) in [4.78, 5) is 22.1. The molecule has 0 spiro atoms. The van der Waals surface area contributed by atoms with E-state index in [9.17, 15) is 13.2 Å². The van der Waals surface area contributed by atoms with E-state index in [1.807, 2.05) is 37.2 Å². The van der Waals surface area contributed by atoms with Crippen LogP contribution in [0, 0.1) is 0 Å². The third-order valence-corrected chi connectivity index (χ3v) is 9.91. The first kappa shape index (κ1) is 29.0. The number of fused-ring (bicyclic) bond motifs is 1. The second-order valence-electron chi connectivity index (χ2n) is 9.21. The third kappa shape index (κ3) is 6.46. The van der Waals surface area contributed by atoms with Crippen LogP contribution in [-0.2, 0) is 10.0 Å². The molecule has 1 aromatic heterocycles. The van der Waals surface area contributed by atoms with Crippen LogP contribution in [0.1, 0.15) is 42.5 Å². The zero-order chi connectivity index (χ0) is 25.2. The van der Waals surface area contributed by atoms with E-state index in [0.717, 1.165) is 46.8 Å². The fourth-order valence-electron chi connectivity index (χ4n) is 4.32. The number of halogens is 2. The molecule has 0 atom stereocenters. The molecule has 36 heavy (non-hydrogen) atoms. The van der Waals surface area contributed by atoms with Crippen molar-refractivity contribution in [1.29, 1.82) is 0 Å². The molecule has 11 heteroatoms. The van der Waals surface area contributed by atoms with Crippen molar-refractivity contribution in [3.05, 3.63) is 52.5 Å². The van der Waals surface area contributed by atoms with Crippen molar-refractivity contribution >= 4 is 71.0 Å². The highest BCUT2D eigenvalue weighted by atomic mass is 79.9. The fraction of sp³-hybridized carbons (Fsp3) is 0.440. The maximum atomic E-state index is 13.5. The highest BCUT2D eigenvalue weighted by Gasteiger charge is 2.29. The molecule has 0 N–H and O–H groups in total. The van der Waals surface area contributed by atoms with E-state index < -0.39 is 10.0 Å². The van der Waals surface area contributed by atoms with Crippen LogP contribution in [0.4, 0.5) is 5.13 Å². The number of amides is 1. The lowest BCUT2D eigenvalue weighted by molar-refractivity contribution is 0.0985. The largest absolute Gasteiger partial charge is 0.308 e. The molecule has 1 fully saturated rings. The average Bonchev–Trinajstić information content (AvgIpc) is 3.26. The maximum Gasteiger partial charge on any atom is 0.260 e. The van der Waals surface area contributed by atoms with Gasteiger partial charge in [0.15, 0.2) is 5.13 Å². The Bertz CT molecular complexity index is 1290. The van der Waals surface area contributed by atoms with Gasteiger partial charge in [0, 0.05) is 36.2 Å². The summed E-state index contributed by atoms with van der Waals surface area (Å²) in [5.41, 5.74) is 1.27. The number of hydrogen-bond donors (Lipinski definition) is 0. The number of nitrogens with zero attached hydrogens (tertiary/aromatic N) is 4. The summed E-state index contributed by atoms with van der Waals surface area (Å²) >= 11 is 4.96. The normalized spacial score (nSPS) is 14.8. The van der Waals surface area contributed by atoms with Gasteiger partial charge in [-0.2, -0.15) is 4.31 Å². The van der Waals surface area contributed by atoms with Crippen LogP contribution in [0.5, 0.6) is 0 Å². The van der Waals surface area contributed by atoms with Crippen LogP contribution < -0.4 is 4.90 Å². The first-order valence-corrected chi connectivity index (χ1v) is 14.8. The van der Waals surface area contributed by atoms with Crippen LogP contribution in [0.25, 0.3) is 10.2 Å². The van der Waals surface area contributed by atoms with E-state index in [4.69, 9.17) is 4.98 Å². The number of aromatic nitrogens is 1. The predicted molar refractivity (Wildman–Crippen MR) is 153 cm³/mol. The lowest BCUT2D eigenvalue weighted by Gasteiger charge is -2.30. The number of carbonyl (C=O) groups excluding carboxylic acids is 1. The molecular formula is C25H32BrClN4O3S2. The minimum atomic E-state index is -3.61. The van der Waals surface area contributed by atoms with Crippen molar-refractivity contribution in [3.8, 4) is 0 Å². The summed E-state index contributed by atoms with van der Waals surface area (Å²) in [5, 5.41) is 0.624. The molecule has 4 rings (SSSR count). The molecule has 1 aliphatic rings.